The molecule has 0 bridgehead atoms. The SMILES string of the molecule is CCSc1nc(-c2cccs2)c(C(=O)C(F)(F)F)cc1C#N. The minimum absolute atomic E-state index is 0.0280. The van der Waals surface area contributed by atoms with E-state index in [0.29, 0.717) is 15.7 Å². The fourth-order valence-corrected chi connectivity index (χ4v) is 3.17. The Labute approximate surface area is 132 Å². The number of thiophene rings is 1. The summed E-state index contributed by atoms with van der Waals surface area (Å²) in [5.41, 5.74) is -0.654. The molecule has 2 heterocycles. The minimum atomic E-state index is -5.01. The van der Waals surface area contributed by atoms with Crippen LogP contribution in [0.5, 0.6) is 0 Å². The second kappa shape index (κ2) is 6.50. The Balaban J connectivity index is 2.70. The average Bonchev–Trinajstić information content (AvgIpc) is 2.99. The Kier molecular flexibility index (Phi) is 4.88. The normalized spacial score (nSPS) is 11.2. The Hall–Kier alpha value is -1.85. The van der Waals surface area contributed by atoms with Gasteiger partial charge >= 0.3 is 6.18 Å². The maximum absolute atomic E-state index is 12.8. The first-order chi connectivity index (χ1) is 10.4. The highest BCUT2D eigenvalue weighted by molar-refractivity contribution is 7.99. The molecule has 0 aliphatic rings. The number of alkyl halides is 3. The van der Waals surface area contributed by atoms with Crippen molar-refractivity contribution in [1.29, 1.82) is 5.26 Å². The second-order valence-electron chi connectivity index (χ2n) is 4.09. The molecule has 0 saturated carbocycles. The Bertz CT molecular complexity index is 734. The van der Waals surface area contributed by atoms with Crippen LogP contribution in [0.3, 0.4) is 0 Å². The molecule has 0 fully saturated rings. The first-order valence-electron chi connectivity index (χ1n) is 6.11. The van der Waals surface area contributed by atoms with Crippen LogP contribution in [0.1, 0.15) is 22.8 Å². The predicted molar refractivity (Wildman–Crippen MR) is 79.0 cm³/mol. The summed E-state index contributed by atoms with van der Waals surface area (Å²) in [5, 5.41) is 11.1. The number of hydrogen-bond acceptors (Lipinski definition) is 5. The number of Topliss-reactive ketones (excluding diaryl/α,β-unsaturated/α-hetero) is 1. The molecule has 0 unspecified atom stereocenters. The lowest BCUT2D eigenvalue weighted by molar-refractivity contribution is -0.0885. The largest absolute Gasteiger partial charge is 0.454 e. The van der Waals surface area contributed by atoms with E-state index in [0.717, 1.165) is 6.07 Å². The van der Waals surface area contributed by atoms with Crippen LogP contribution in [0.15, 0.2) is 28.6 Å². The first kappa shape index (κ1) is 16.5. The van der Waals surface area contributed by atoms with Crippen LogP contribution in [0.2, 0.25) is 0 Å². The molecule has 8 heteroatoms. The highest BCUT2D eigenvalue weighted by atomic mass is 32.2. The number of hydrogen-bond donors (Lipinski definition) is 0. The number of nitrogens with zero attached hydrogens (tertiary/aromatic N) is 2. The molecule has 0 aliphatic heterocycles. The van der Waals surface area contributed by atoms with Crippen molar-refractivity contribution >= 4 is 28.9 Å². The summed E-state index contributed by atoms with van der Waals surface area (Å²) in [6.45, 7) is 1.84. The molecule has 2 rings (SSSR count). The molecule has 114 valence electrons. The molecule has 22 heavy (non-hydrogen) atoms. The van der Waals surface area contributed by atoms with Crippen LogP contribution in [0, 0.1) is 11.3 Å². The lowest BCUT2D eigenvalue weighted by Crippen LogP contribution is -2.24. The zero-order valence-electron chi connectivity index (χ0n) is 11.3. The molecule has 0 aromatic carbocycles. The lowest BCUT2D eigenvalue weighted by atomic mass is 10.1. The Morgan fingerprint density at radius 2 is 2.23 bits per heavy atom. The van der Waals surface area contributed by atoms with Gasteiger partial charge < -0.3 is 0 Å². The van der Waals surface area contributed by atoms with Gasteiger partial charge in [-0.05, 0) is 23.3 Å². The van der Waals surface area contributed by atoms with Gasteiger partial charge in [0.05, 0.1) is 21.7 Å². The van der Waals surface area contributed by atoms with Crippen LogP contribution < -0.4 is 0 Å². The maximum atomic E-state index is 12.8. The van der Waals surface area contributed by atoms with Gasteiger partial charge in [-0.15, -0.1) is 23.1 Å². The number of carbonyl (C=O) groups excluding carboxylic acids is 1. The highest BCUT2D eigenvalue weighted by Crippen LogP contribution is 2.34. The fraction of sp³-hybridized carbons (Fsp3) is 0.214. The number of nitriles is 1. The zero-order chi connectivity index (χ0) is 16.3. The second-order valence-corrected chi connectivity index (χ2v) is 6.29. The van der Waals surface area contributed by atoms with Gasteiger partial charge in [0.1, 0.15) is 11.1 Å². The summed E-state index contributed by atoms with van der Waals surface area (Å²) in [7, 11) is 0. The fourth-order valence-electron chi connectivity index (χ4n) is 1.75. The number of halogens is 3. The molecule has 0 saturated heterocycles. The summed E-state index contributed by atoms with van der Waals surface area (Å²) < 4.78 is 38.3. The van der Waals surface area contributed by atoms with Crippen molar-refractivity contribution < 1.29 is 18.0 Å². The number of carbonyl (C=O) groups is 1. The van der Waals surface area contributed by atoms with Gasteiger partial charge in [-0.1, -0.05) is 13.0 Å². The van der Waals surface area contributed by atoms with Gasteiger partial charge in [-0.2, -0.15) is 18.4 Å². The summed E-state index contributed by atoms with van der Waals surface area (Å²) in [6.07, 6.45) is -5.01. The monoisotopic (exact) mass is 342 g/mol. The maximum Gasteiger partial charge on any atom is 0.454 e. The van der Waals surface area contributed by atoms with E-state index >= 15 is 0 Å². The van der Waals surface area contributed by atoms with E-state index in [-0.39, 0.29) is 11.3 Å². The topological polar surface area (TPSA) is 53.8 Å². The Morgan fingerprint density at radius 1 is 1.50 bits per heavy atom. The molecule has 0 amide bonds. The van der Waals surface area contributed by atoms with E-state index in [2.05, 4.69) is 4.98 Å². The van der Waals surface area contributed by atoms with Crippen molar-refractivity contribution in [3.8, 4) is 16.6 Å². The van der Waals surface area contributed by atoms with Gasteiger partial charge in [0.25, 0.3) is 5.78 Å². The number of aromatic nitrogens is 1. The van der Waals surface area contributed by atoms with E-state index in [1.54, 1.807) is 23.6 Å². The van der Waals surface area contributed by atoms with Crippen molar-refractivity contribution in [2.45, 2.75) is 18.1 Å². The third-order valence-corrected chi connectivity index (χ3v) is 4.40. The van der Waals surface area contributed by atoms with Crippen molar-refractivity contribution in [3.63, 3.8) is 0 Å². The van der Waals surface area contributed by atoms with Gasteiger partial charge in [0.15, 0.2) is 0 Å². The third-order valence-electron chi connectivity index (χ3n) is 2.65. The van der Waals surface area contributed by atoms with Crippen molar-refractivity contribution in [2.24, 2.45) is 0 Å². The molecule has 0 radical (unpaired) electrons. The molecule has 0 spiro atoms. The zero-order valence-corrected chi connectivity index (χ0v) is 12.9. The third kappa shape index (κ3) is 3.31. The van der Waals surface area contributed by atoms with Gasteiger partial charge in [-0.25, -0.2) is 4.98 Å². The number of pyridine rings is 1. The summed E-state index contributed by atoms with van der Waals surface area (Å²) in [6, 6.07) is 6.03. The molecule has 0 N–H and O–H groups in total. The smallest absolute Gasteiger partial charge is 0.284 e. The van der Waals surface area contributed by atoms with Crippen LogP contribution in [0.4, 0.5) is 13.2 Å². The van der Waals surface area contributed by atoms with Crippen LogP contribution >= 0.6 is 23.1 Å². The predicted octanol–water partition coefficient (Wildman–Crippen LogP) is 4.54. The van der Waals surface area contributed by atoms with E-state index in [9.17, 15) is 18.0 Å². The molecule has 3 nitrogen and oxygen atoms in total. The van der Waals surface area contributed by atoms with Crippen molar-refractivity contribution in [1.82, 2.24) is 4.98 Å². The quantitative estimate of drug-likeness (QED) is 0.605. The van der Waals surface area contributed by atoms with E-state index in [1.165, 1.54) is 23.1 Å². The minimum Gasteiger partial charge on any atom is -0.284 e. The standard InChI is InChI=1S/C14H9F3N2OS2/c1-2-21-13-8(7-18)6-9(12(20)14(15,16)17)11(19-13)10-4-3-5-22-10/h3-6H,2H2,1H3. The van der Waals surface area contributed by atoms with Crippen LogP contribution in [-0.4, -0.2) is 22.7 Å². The van der Waals surface area contributed by atoms with Crippen molar-refractivity contribution in [3.05, 3.63) is 34.7 Å². The lowest BCUT2D eigenvalue weighted by Gasteiger charge is -2.12. The average molecular weight is 342 g/mol. The highest BCUT2D eigenvalue weighted by Gasteiger charge is 2.41. The summed E-state index contributed by atoms with van der Waals surface area (Å²) in [5.74, 6) is -1.38. The van der Waals surface area contributed by atoms with Gasteiger partial charge in [-0.3, -0.25) is 4.79 Å². The van der Waals surface area contributed by atoms with E-state index in [1.807, 2.05) is 6.92 Å². The van der Waals surface area contributed by atoms with Crippen LogP contribution in [0.25, 0.3) is 10.6 Å². The van der Waals surface area contributed by atoms with E-state index in [4.69, 9.17) is 5.26 Å². The number of ketones is 1. The molecular weight excluding hydrogens is 333 g/mol. The summed E-state index contributed by atoms with van der Waals surface area (Å²) in [4.78, 5) is 16.2. The molecule has 0 atom stereocenters. The number of thioether (sulfide) groups is 1. The Morgan fingerprint density at radius 3 is 2.73 bits per heavy atom. The molecule has 2 aromatic rings. The van der Waals surface area contributed by atoms with E-state index < -0.39 is 17.5 Å². The molecule has 2 aromatic heterocycles. The molecular formula is C14H9F3N2OS2. The summed E-state index contributed by atoms with van der Waals surface area (Å²) >= 11 is 2.43. The van der Waals surface area contributed by atoms with Crippen LogP contribution in [-0.2, 0) is 0 Å². The first-order valence-corrected chi connectivity index (χ1v) is 7.98. The van der Waals surface area contributed by atoms with Gasteiger partial charge in [0, 0.05) is 0 Å². The molecule has 0 aliphatic carbocycles. The van der Waals surface area contributed by atoms with Gasteiger partial charge in [0.2, 0.25) is 0 Å². The van der Waals surface area contributed by atoms with Crippen molar-refractivity contribution in [2.75, 3.05) is 5.75 Å². The number of rotatable bonds is 4.